The minimum atomic E-state index is -4.28. The summed E-state index contributed by atoms with van der Waals surface area (Å²) >= 11 is 0. The Morgan fingerprint density at radius 3 is 2.67 bits per heavy atom. The summed E-state index contributed by atoms with van der Waals surface area (Å²) in [5, 5.41) is 2.98. The molecule has 102 valence electrons. The first-order valence-corrected chi connectivity index (χ1v) is 5.53. The molecule has 0 atom stereocenters. The van der Waals surface area contributed by atoms with Crippen LogP contribution in [-0.4, -0.2) is 36.4 Å². The highest BCUT2D eigenvalue weighted by Crippen LogP contribution is 2.14. The molecule has 1 N–H and O–H groups in total. The van der Waals surface area contributed by atoms with E-state index in [-0.39, 0.29) is 13.0 Å². The van der Waals surface area contributed by atoms with Gasteiger partial charge in [-0.15, -0.1) is 0 Å². The van der Waals surface area contributed by atoms with E-state index >= 15 is 0 Å². The van der Waals surface area contributed by atoms with E-state index in [1.807, 2.05) is 14.0 Å². The molecule has 0 amide bonds. The summed E-state index contributed by atoms with van der Waals surface area (Å²) in [5.74, 6) is 0.495. The van der Waals surface area contributed by atoms with Crippen LogP contribution in [0, 0.1) is 6.92 Å². The van der Waals surface area contributed by atoms with Crippen LogP contribution in [0.2, 0.25) is 0 Å². The van der Waals surface area contributed by atoms with Gasteiger partial charge in [-0.3, -0.25) is 0 Å². The van der Waals surface area contributed by atoms with E-state index in [9.17, 15) is 13.2 Å². The second-order valence-corrected chi connectivity index (χ2v) is 3.84. The summed E-state index contributed by atoms with van der Waals surface area (Å²) in [6, 6.07) is 0. The van der Waals surface area contributed by atoms with Crippen molar-refractivity contribution in [2.24, 2.45) is 0 Å². The second-order valence-electron chi connectivity index (χ2n) is 3.84. The summed E-state index contributed by atoms with van der Waals surface area (Å²) < 4.78 is 40.0. The molecular formula is C11H16F3N3O. The average molecular weight is 263 g/mol. The van der Waals surface area contributed by atoms with Crippen LogP contribution in [0.1, 0.15) is 17.1 Å². The number of nitrogens with zero attached hydrogens (tertiary/aromatic N) is 2. The summed E-state index contributed by atoms with van der Waals surface area (Å²) in [4.78, 5) is 8.29. The van der Waals surface area contributed by atoms with Crippen molar-refractivity contribution in [3.05, 3.63) is 23.3 Å². The molecule has 4 nitrogen and oxygen atoms in total. The van der Waals surface area contributed by atoms with Gasteiger partial charge in [0.05, 0.1) is 6.61 Å². The highest BCUT2D eigenvalue weighted by atomic mass is 19.4. The molecule has 18 heavy (non-hydrogen) atoms. The lowest BCUT2D eigenvalue weighted by Crippen LogP contribution is -2.18. The number of ether oxygens (including phenoxy) is 1. The zero-order valence-electron chi connectivity index (χ0n) is 10.3. The first-order valence-electron chi connectivity index (χ1n) is 5.53. The van der Waals surface area contributed by atoms with E-state index in [4.69, 9.17) is 0 Å². The minimum absolute atomic E-state index is 0.0374. The lowest BCUT2D eigenvalue weighted by Gasteiger charge is -2.08. The predicted molar refractivity (Wildman–Crippen MR) is 60.1 cm³/mol. The van der Waals surface area contributed by atoms with Gasteiger partial charge in [0.2, 0.25) is 0 Å². The van der Waals surface area contributed by atoms with Gasteiger partial charge < -0.3 is 10.1 Å². The Hall–Kier alpha value is -1.21. The van der Waals surface area contributed by atoms with Crippen molar-refractivity contribution in [1.29, 1.82) is 0 Å². The van der Waals surface area contributed by atoms with E-state index < -0.39 is 12.8 Å². The molecule has 0 bridgehead atoms. The number of aromatic nitrogens is 2. The first kappa shape index (κ1) is 14.8. The van der Waals surface area contributed by atoms with Gasteiger partial charge in [-0.1, -0.05) is 0 Å². The second kappa shape index (κ2) is 6.65. The van der Waals surface area contributed by atoms with Gasteiger partial charge in [-0.2, -0.15) is 13.2 Å². The third-order valence-corrected chi connectivity index (χ3v) is 2.23. The first-order chi connectivity index (χ1) is 8.42. The number of rotatable bonds is 6. The number of aryl methyl sites for hydroxylation is 1. The summed E-state index contributed by atoms with van der Waals surface area (Å²) in [6.07, 6.45) is -2.33. The fourth-order valence-corrected chi connectivity index (χ4v) is 1.38. The van der Waals surface area contributed by atoms with Gasteiger partial charge in [0.1, 0.15) is 12.4 Å². The Bertz CT molecular complexity index is 382. The van der Waals surface area contributed by atoms with Gasteiger partial charge in [-0.05, 0) is 14.0 Å². The third kappa shape index (κ3) is 5.42. The normalized spacial score (nSPS) is 11.8. The molecule has 0 unspecified atom stereocenters. The molecule has 0 saturated heterocycles. The minimum Gasteiger partial charge on any atom is -0.372 e. The third-order valence-electron chi connectivity index (χ3n) is 2.23. The number of halogens is 3. The molecule has 0 radical (unpaired) electrons. The van der Waals surface area contributed by atoms with Crippen LogP contribution in [0.3, 0.4) is 0 Å². The highest BCUT2D eigenvalue weighted by molar-refractivity contribution is 5.15. The molecule has 7 heteroatoms. The Balaban J connectivity index is 2.41. The van der Waals surface area contributed by atoms with Crippen molar-refractivity contribution < 1.29 is 17.9 Å². The SMILES string of the molecule is CNCc1cnc(CCOCC(F)(F)F)nc1C. The van der Waals surface area contributed by atoms with Gasteiger partial charge in [0.15, 0.2) is 0 Å². The molecule has 1 aromatic rings. The molecule has 0 aliphatic heterocycles. The topological polar surface area (TPSA) is 47.0 Å². The fraction of sp³-hybridized carbons (Fsp3) is 0.636. The smallest absolute Gasteiger partial charge is 0.372 e. The van der Waals surface area contributed by atoms with Crippen LogP contribution in [0.5, 0.6) is 0 Å². The fourth-order valence-electron chi connectivity index (χ4n) is 1.38. The standard InChI is InChI=1S/C11H16F3N3O/c1-8-9(5-15-2)6-16-10(17-8)3-4-18-7-11(12,13)14/h6,15H,3-5,7H2,1-2H3. The Morgan fingerprint density at radius 1 is 1.39 bits per heavy atom. The van der Waals surface area contributed by atoms with Crippen molar-refractivity contribution in [2.75, 3.05) is 20.3 Å². The Labute approximate surface area is 104 Å². The molecular weight excluding hydrogens is 247 g/mol. The van der Waals surface area contributed by atoms with Crippen LogP contribution in [0.25, 0.3) is 0 Å². The zero-order chi connectivity index (χ0) is 13.6. The van der Waals surface area contributed by atoms with Crippen LogP contribution in [0.15, 0.2) is 6.20 Å². The van der Waals surface area contributed by atoms with Crippen LogP contribution >= 0.6 is 0 Å². The van der Waals surface area contributed by atoms with Crippen molar-refractivity contribution in [2.45, 2.75) is 26.1 Å². The van der Waals surface area contributed by atoms with Gasteiger partial charge in [-0.25, -0.2) is 9.97 Å². The van der Waals surface area contributed by atoms with E-state index in [0.717, 1.165) is 11.3 Å². The average Bonchev–Trinajstić information content (AvgIpc) is 2.27. The molecule has 1 aromatic heterocycles. The highest BCUT2D eigenvalue weighted by Gasteiger charge is 2.27. The Kier molecular flexibility index (Phi) is 5.49. The van der Waals surface area contributed by atoms with Gasteiger partial charge >= 0.3 is 6.18 Å². The molecule has 1 heterocycles. The molecule has 0 saturated carbocycles. The predicted octanol–water partition coefficient (Wildman–Crippen LogP) is 1.63. The van der Waals surface area contributed by atoms with Crippen molar-refractivity contribution >= 4 is 0 Å². The van der Waals surface area contributed by atoms with Crippen molar-refractivity contribution in [3.8, 4) is 0 Å². The summed E-state index contributed by atoms with van der Waals surface area (Å²) in [5.41, 5.74) is 1.79. The van der Waals surface area contributed by atoms with E-state index in [0.29, 0.717) is 12.4 Å². The molecule has 0 fully saturated rings. The van der Waals surface area contributed by atoms with Gasteiger partial charge in [0.25, 0.3) is 0 Å². The van der Waals surface area contributed by atoms with Crippen LogP contribution in [0.4, 0.5) is 13.2 Å². The maximum absolute atomic E-state index is 11.8. The van der Waals surface area contributed by atoms with Crippen LogP contribution < -0.4 is 5.32 Å². The maximum atomic E-state index is 11.8. The van der Waals surface area contributed by atoms with E-state index in [2.05, 4.69) is 20.0 Å². The number of nitrogens with one attached hydrogen (secondary N) is 1. The number of hydrogen-bond acceptors (Lipinski definition) is 4. The van der Waals surface area contributed by atoms with Crippen molar-refractivity contribution in [1.82, 2.24) is 15.3 Å². The monoisotopic (exact) mass is 263 g/mol. The number of hydrogen-bond donors (Lipinski definition) is 1. The Morgan fingerprint density at radius 2 is 2.11 bits per heavy atom. The molecule has 0 aliphatic rings. The van der Waals surface area contributed by atoms with Crippen LogP contribution in [-0.2, 0) is 17.7 Å². The lowest BCUT2D eigenvalue weighted by molar-refractivity contribution is -0.173. The largest absolute Gasteiger partial charge is 0.411 e. The molecule has 0 aliphatic carbocycles. The molecule has 0 aromatic carbocycles. The molecule has 0 spiro atoms. The maximum Gasteiger partial charge on any atom is 0.411 e. The van der Waals surface area contributed by atoms with E-state index in [1.165, 1.54) is 0 Å². The zero-order valence-corrected chi connectivity index (χ0v) is 10.3. The number of alkyl halides is 3. The quantitative estimate of drug-likeness (QED) is 0.792. The van der Waals surface area contributed by atoms with Gasteiger partial charge in [0, 0.05) is 30.4 Å². The lowest BCUT2D eigenvalue weighted by atomic mass is 10.2. The van der Waals surface area contributed by atoms with E-state index in [1.54, 1.807) is 6.20 Å². The van der Waals surface area contributed by atoms with Crippen molar-refractivity contribution in [3.63, 3.8) is 0 Å². The molecule has 1 rings (SSSR count). The summed E-state index contributed by atoms with van der Waals surface area (Å²) in [6.45, 7) is 1.24. The summed E-state index contributed by atoms with van der Waals surface area (Å²) in [7, 11) is 1.82.